The van der Waals surface area contributed by atoms with Crippen LogP contribution in [0.2, 0.25) is 0 Å². The van der Waals surface area contributed by atoms with Crippen LogP contribution >= 0.6 is 11.3 Å². The highest BCUT2D eigenvalue weighted by molar-refractivity contribution is 7.26. The van der Waals surface area contributed by atoms with Gasteiger partial charge in [0.15, 0.2) is 11.4 Å². The maximum absolute atomic E-state index is 12.2. The summed E-state index contributed by atoms with van der Waals surface area (Å²) in [5.74, 6) is -2.15. The monoisotopic (exact) mass is 331 g/mol. The Hall–Kier alpha value is -2.74. The first kappa shape index (κ1) is 15.2. The van der Waals surface area contributed by atoms with Gasteiger partial charge in [-0.3, -0.25) is 14.6 Å². The Bertz CT molecular complexity index is 951. The number of thiophene rings is 1. The van der Waals surface area contributed by atoms with Crippen molar-refractivity contribution < 1.29 is 19.8 Å². The normalized spacial score (nSPS) is 12.4. The number of nitrogens with one attached hydrogen (secondary N) is 1. The van der Waals surface area contributed by atoms with E-state index in [2.05, 4.69) is 15.3 Å². The molecule has 8 heteroatoms. The maximum Gasteiger partial charge on any atom is 0.325 e. The molecule has 3 rings (SSSR count). The van der Waals surface area contributed by atoms with Gasteiger partial charge in [-0.1, -0.05) is 0 Å². The van der Waals surface area contributed by atoms with Gasteiger partial charge in [0.1, 0.15) is 6.04 Å². The summed E-state index contributed by atoms with van der Waals surface area (Å²) in [4.78, 5) is 31.5. The zero-order valence-electron chi connectivity index (χ0n) is 12.3. The van der Waals surface area contributed by atoms with Crippen molar-refractivity contribution in [1.82, 2.24) is 15.3 Å². The van der Waals surface area contributed by atoms with Crippen LogP contribution in [0.15, 0.2) is 18.3 Å². The zero-order valence-corrected chi connectivity index (χ0v) is 13.1. The first-order chi connectivity index (χ1) is 10.9. The van der Waals surface area contributed by atoms with Gasteiger partial charge in [0.2, 0.25) is 0 Å². The predicted octanol–water partition coefficient (Wildman–Crippen LogP) is 2.06. The number of rotatable bonds is 3. The number of amides is 1. The average molecular weight is 331 g/mol. The van der Waals surface area contributed by atoms with Crippen LogP contribution < -0.4 is 5.32 Å². The van der Waals surface area contributed by atoms with Crippen molar-refractivity contribution in [3.05, 3.63) is 29.7 Å². The van der Waals surface area contributed by atoms with Crippen LogP contribution in [0.1, 0.15) is 23.1 Å². The number of carboxylic acids is 1. The molecule has 3 N–H and O–H groups in total. The van der Waals surface area contributed by atoms with Gasteiger partial charge < -0.3 is 15.5 Å². The molecule has 0 radical (unpaired) electrons. The number of aromatic hydroxyl groups is 1. The molecule has 0 saturated heterocycles. The fraction of sp³-hybridized carbons (Fsp3) is 0.200. The molecule has 0 bridgehead atoms. The standard InChI is InChI=1S/C15H13N3O4S/c1-6-9-10-8(4-3-5-16-10)23-13(9)12(19)11(17-6)14(20)18-7(2)15(21)22/h3-5,7,19H,1-2H3,(H,18,20)(H,21,22). The van der Waals surface area contributed by atoms with Crippen LogP contribution in [0.25, 0.3) is 20.3 Å². The number of hydrogen-bond acceptors (Lipinski definition) is 6. The van der Waals surface area contributed by atoms with Crippen LogP contribution in [0, 0.1) is 6.92 Å². The molecule has 0 aliphatic carbocycles. The van der Waals surface area contributed by atoms with Crippen molar-refractivity contribution in [2.75, 3.05) is 0 Å². The van der Waals surface area contributed by atoms with Gasteiger partial charge >= 0.3 is 5.97 Å². The predicted molar refractivity (Wildman–Crippen MR) is 85.9 cm³/mol. The van der Waals surface area contributed by atoms with E-state index in [1.807, 2.05) is 6.07 Å². The molecule has 1 unspecified atom stereocenters. The molecule has 0 aliphatic heterocycles. The summed E-state index contributed by atoms with van der Waals surface area (Å²) in [6.07, 6.45) is 1.65. The lowest BCUT2D eigenvalue weighted by Crippen LogP contribution is -2.38. The third-order valence-electron chi connectivity index (χ3n) is 3.46. The molecule has 0 spiro atoms. The molecule has 3 heterocycles. The number of pyridine rings is 2. The second-order valence-corrected chi connectivity index (χ2v) is 6.14. The highest BCUT2D eigenvalue weighted by Crippen LogP contribution is 2.40. The Kier molecular flexibility index (Phi) is 3.61. The number of aryl methyl sites for hydroxylation is 1. The van der Waals surface area contributed by atoms with Crippen molar-refractivity contribution in [3.63, 3.8) is 0 Å². The van der Waals surface area contributed by atoms with E-state index < -0.39 is 17.9 Å². The van der Waals surface area contributed by atoms with Crippen LogP contribution in [0.5, 0.6) is 5.75 Å². The lowest BCUT2D eigenvalue weighted by atomic mass is 10.1. The van der Waals surface area contributed by atoms with Gasteiger partial charge in [-0.25, -0.2) is 4.98 Å². The lowest BCUT2D eigenvalue weighted by molar-refractivity contribution is -0.138. The minimum absolute atomic E-state index is 0.186. The number of aliphatic carboxylic acids is 1. The molecule has 0 saturated carbocycles. The van der Waals surface area contributed by atoms with Gasteiger partial charge in [-0.15, -0.1) is 11.3 Å². The summed E-state index contributed by atoms with van der Waals surface area (Å²) in [7, 11) is 0. The van der Waals surface area contributed by atoms with Gasteiger partial charge in [-0.05, 0) is 26.0 Å². The smallest absolute Gasteiger partial charge is 0.325 e. The Morgan fingerprint density at radius 2 is 2.13 bits per heavy atom. The van der Waals surface area contributed by atoms with E-state index in [1.165, 1.54) is 18.3 Å². The van der Waals surface area contributed by atoms with Crippen molar-refractivity contribution in [1.29, 1.82) is 0 Å². The molecule has 3 aromatic heterocycles. The molecule has 118 valence electrons. The quantitative estimate of drug-likeness (QED) is 0.677. The Morgan fingerprint density at radius 1 is 1.39 bits per heavy atom. The number of hydrogen-bond donors (Lipinski definition) is 3. The fourth-order valence-corrected chi connectivity index (χ4v) is 3.46. The van der Waals surface area contributed by atoms with Crippen molar-refractivity contribution in [2.45, 2.75) is 19.9 Å². The highest BCUT2D eigenvalue weighted by Gasteiger charge is 2.23. The number of nitrogens with zero attached hydrogens (tertiary/aromatic N) is 2. The average Bonchev–Trinajstić information content (AvgIpc) is 2.90. The minimum atomic E-state index is -1.17. The number of carbonyl (C=O) groups is 2. The number of carbonyl (C=O) groups excluding carboxylic acids is 1. The van der Waals surface area contributed by atoms with E-state index >= 15 is 0 Å². The molecular formula is C15H13N3O4S. The topological polar surface area (TPSA) is 112 Å². The van der Waals surface area contributed by atoms with Gasteiger partial charge in [0, 0.05) is 17.3 Å². The molecule has 1 atom stereocenters. The SMILES string of the molecule is Cc1nc(C(=O)NC(C)C(=O)O)c(O)c2sc3cccnc3c12. The second-order valence-electron chi connectivity index (χ2n) is 5.08. The van der Waals surface area contributed by atoms with E-state index in [0.717, 1.165) is 10.2 Å². The van der Waals surface area contributed by atoms with Gasteiger partial charge in [0.25, 0.3) is 5.91 Å². The largest absolute Gasteiger partial charge is 0.504 e. The van der Waals surface area contributed by atoms with Gasteiger partial charge in [0.05, 0.1) is 14.9 Å². The molecular weight excluding hydrogens is 318 g/mol. The van der Waals surface area contributed by atoms with E-state index in [-0.39, 0.29) is 11.4 Å². The van der Waals surface area contributed by atoms with Crippen LogP contribution in [-0.4, -0.2) is 38.1 Å². The Balaban J connectivity index is 2.16. The van der Waals surface area contributed by atoms with E-state index in [4.69, 9.17) is 5.11 Å². The summed E-state index contributed by atoms with van der Waals surface area (Å²) in [5.41, 5.74) is 1.09. The van der Waals surface area contributed by atoms with Crippen molar-refractivity contribution >= 4 is 43.5 Å². The third-order valence-corrected chi connectivity index (χ3v) is 4.61. The summed E-state index contributed by atoms with van der Waals surface area (Å²) in [6.45, 7) is 3.06. The molecule has 0 aromatic carbocycles. The molecule has 0 aliphatic rings. The summed E-state index contributed by atoms with van der Waals surface area (Å²) in [5, 5.41) is 22.3. The first-order valence-electron chi connectivity index (χ1n) is 6.80. The highest BCUT2D eigenvalue weighted by atomic mass is 32.1. The number of carboxylic acid groups (broad SMARTS) is 1. The number of fused-ring (bicyclic) bond motifs is 3. The Morgan fingerprint density at radius 3 is 2.83 bits per heavy atom. The Labute approximate surface area is 134 Å². The summed E-state index contributed by atoms with van der Waals surface area (Å²) in [6, 6.07) is 2.58. The van der Waals surface area contributed by atoms with Crippen molar-refractivity contribution in [2.24, 2.45) is 0 Å². The van der Waals surface area contributed by atoms with E-state index in [1.54, 1.807) is 19.2 Å². The molecule has 1 amide bonds. The third kappa shape index (κ3) is 2.46. The second kappa shape index (κ2) is 5.47. The van der Waals surface area contributed by atoms with Crippen molar-refractivity contribution in [3.8, 4) is 5.75 Å². The molecule has 0 fully saturated rings. The van der Waals surface area contributed by atoms with E-state index in [9.17, 15) is 14.7 Å². The lowest BCUT2D eigenvalue weighted by Gasteiger charge is -2.11. The molecule has 7 nitrogen and oxygen atoms in total. The zero-order chi connectivity index (χ0) is 16.7. The maximum atomic E-state index is 12.2. The van der Waals surface area contributed by atoms with Crippen LogP contribution in [0.3, 0.4) is 0 Å². The van der Waals surface area contributed by atoms with E-state index in [0.29, 0.717) is 15.8 Å². The summed E-state index contributed by atoms with van der Waals surface area (Å²) >= 11 is 1.31. The molecule has 23 heavy (non-hydrogen) atoms. The molecule has 3 aromatic rings. The summed E-state index contributed by atoms with van der Waals surface area (Å²) < 4.78 is 1.39. The fourth-order valence-electron chi connectivity index (χ4n) is 2.30. The first-order valence-corrected chi connectivity index (χ1v) is 7.62. The minimum Gasteiger partial charge on any atom is -0.504 e. The number of aromatic nitrogens is 2. The van der Waals surface area contributed by atoms with Crippen LogP contribution in [0.4, 0.5) is 0 Å². The van der Waals surface area contributed by atoms with Crippen LogP contribution in [-0.2, 0) is 4.79 Å². The van der Waals surface area contributed by atoms with Gasteiger partial charge in [-0.2, -0.15) is 0 Å².